The Hall–Kier alpha value is -1.83. The van der Waals surface area contributed by atoms with Gasteiger partial charge in [0, 0.05) is 24.5 Å². The van der Waals surface area contributed by atoms with E-state index in [0.717, 1.165) is 30.6 Å². The molecule has 1 heterocycles. The highest BCUT2D eigenvalue weighted by molar-refractivity contribution is 7.99. The third kappa shape index (κ3) is 5.84. The molecule has 0 saturated carbocycles. The van der Waals surface area contributed by atoms with Gasteiger partial charge in [-0.2, -0.15) is 4.31 Å². The molecule has 0 aliphatic carbocycles. The van der Waals surface area contributed by atoms with Crippen molar-refractivity contribution in [3.63, 3.8) is 0 Å². The average Bonchev–Trinajstić information content (AvgIpc) is 2.71. The number of hydrogen-bond acceptors (Lipinski definition) is 4. The van der Waals surface area contributed by atoms with Crippen LogP contribution in [0.4, 0.5) is 5.69 Å². The number of rotatable bonds is 7. The molecule has 3 rings (SSSR count). The number of amides is 1. The molecule has 1 saturated heterocycles. The quantitative estimate of drug-likeness (QED) is 0.706. The Morgan fingerprint density at radius 1 is 1.03 bits per heavy atom. The number of sulfonamides is 1. The van der Waals surface area contributed by atoms with E-state index in [2.05, 4.69) is 29.6 Å². The van der Waals surface area contributed by atoms with Gasteiger partial charge >= 0.3 is 0 Å². The minimum Gasteiger partial charge on any atom is -0.325 e. The largest absolute Gasteiger partial charge is 0.325 e. The molecular weight excluding hydrogens is 404 g/mol. The second-order valence-electron chi connectivity index (χ2n) is 7.47. The Labute approximate surface area is 177 Å². The number of carbonyl (C=O) groups excluding carboxylic acids is 1. The number of carbonyl (C=O) groups is 1. The van der Waals surface area contributed by atoms with Crippen molar-refractivity contribution in [2.75, 3.05) is 24.2 Å². The normalized spacial score (nSPS) is 15.2. The van der Waals surface area contributed by atoms with Crippen LogP contribution in [0.2, 0.25) is 0 Å². The fourth-order valence-corrected chi connectivity index (χ4v) is 5.61. The third-order valence-corrected chi connectivity index (χ3v) is 7.96. The predicted molar refractivity (Wildman–Crippen MR) is 120 cm³/mol. The van der Waals surface area contributed by atoms with Gasteiger partial charge in [0.2, 0.25) is 15.9 Å². The van der Waals surface area contributed by atoms with Gasteiger partial charge < -0.3 is 5.32 Å². The summed E-state index contributed by atoms with van der Waals surface area (Å²) < 4.78 is 27.3. The van der Waals surface area contributed by atoms with E-state index in [1.165, 1.54) is 22.9 Å². The van der Waals surface area contributed by atoms with Crippen molar-refractivity contribution in [3.8, 4) is 0 Å². The van der Waals surface area contributed by atoms with E-state index in [4.69, 9.17) is 0 Å². The number of nitrogens with one attached hydrogen (secondary N) is 1. The van der Waals surface area contributed by atoms with Crippen molar-refractivity contribution < 1.29 is 13.2 Å². The second-order valence-corrected chi connectivity index (χ2v) is 10.4. The first-order chi connectivity index (χ1) is 13.9. The zero-order valence-electron chi connectivity index (χ0n) is 17.0. The molecule has 1 aliphatic heterocycles. The molecule has 1 amide bonds. The maximum absolute atomic E-state index is 12.9. The van der Waals surface area contributed by atoms with E-state index >= 15 is 0 Å². The molecule has 156 valence electrons. The molecule has 7 heteroatoms. The van der Waals surface area contributed by atoms with Gasteiger partial charge in [-0.3, -0.25) is 4.79 Å². The van der Waals surface area contributed by atoms with Crippen molar-refractivity contribution in [1.82, 2.24) is 4.31 Å². The van der Waals surface area contributed by atoms with E-state index in [1.54, 1.807) is 22.5 Å². The third-order valence-electron chi connectivity index (χ3n) is 5.06. The number of nitrogens with zero attached hydrogens (tertiary/aromatic N) is 1. The highest BCUT2D eigenvalue weighted by Crippen LogP contribution is 2.25. The zero-order valence-corrected chi connectivity index (χ0v) is 18.6. The fourth-order valence-electron chi connectivity index (χ4n) is 3.28. The summed E-state index contributed by atoms with van der Waals surface area (Å²) in [6, 6.07) is 13.2. The lowest BCUT2D eigenvalue weighted by atomic mass is 10.2. The Bertz CT molecular complexity index is 951. The smallest absolute Gasteiger partial charge is 0.243 e. The van der Waals surface area contributed by atoms with Gasteiger partial charge in [0.15, 0.2) is 0 Å². The number of benzene rings is 2. The molecule has 0 unspecified atom stereocenters. The molecule has 0 spiro atoms. The van der Waals surface area contributed by atoms with Crippen molar-refractivity contribution in [2.24, 2.45) is 0 Å². The molecule has 29 heavy (non-hydrogen) atoms. The molecule has 0 atom stereocenters. The van der Waals surface area contributed by atoms with Crippen LogP contribution in [0.3, 0.4) is 0 Å². The number of hydrogen-bond donors (Lipinski definition) is 1. The van der Waals surface area contributed by atoms with Gasteiger partial charge in [-0.25, -0.2) is 8.42 Å². The summed E-state index contributed by atoms with van der Waals surface area (Å²) in [7, 11) is -3.52. The molecule has 5 nitrogen and oxygen atoms in total. The minimum atomic E-state index is -3.52. The second kappa shape index (κ2) is 9.78. The molecule has 2 aromatic rings. The molecule has 0 bridgehead atoms. The van der Waals surface area contributed by atoms with Crippen LogP contribution in [-0.2, 0) is 20.6 Å². The van der Waals surface area contributed by atoms with Gasteiger partial charge in [0.05, 0.1) is 10.6 Å². The summed E-state index contributed by atoms with van der Waals surface area (Å²) in [5, 5.41) is 2.88. The number of thioether (sulfide) groups is 1. The Morgan fingerprint density at radius 2 is 1.72 bits per heavy atom. The topological polar surface area (TPSA) is 66.5 Å². The van der Waals surface area contributed by atoms with Crippen molar-refractivity contribution in [1.29, 1.82) is 0 Å². The van der Waals surface area contributed by atoms with E-state index in [1.807, 2.05) is 13.8 Å². The van der Waals surface area contributed by atoms with Gasteiger partial charge in [-0.15, -0.1) is 11.8 Å². The zero-order chi connectivity index (χ0) is 20.9. The van der Waals surface area contributed by atoms with Crippen LogP contribution < -0.4 is 5.32 Å². The first-order valence-electron chi connectivity index (χ1n) is 9.90. The molecule has 1 aliphatic rings. The van der Waals surface area contributed by atoms with Gasteiger partial charge in [0.1, 0.15) is 0 Å². The summed E-state index contributed by atoms with van der Waals surface area (Å²) in [5.41, 5.74) is 3.80. The van der Waals surface area contributed by atoms with Crippen LogP contribution in [-0.4, -0.2) is 37.5 Å². The highest BCUT2D eigenvalue weighted by atomic mass is 32.2. The van der Waals surface area contributed by atoms with E-state index < -0.39 is 10.0 Å². The first kappa shape index (κ1) is 21.9. The average molecular weight is 433 g/mol. The molecular formula is C22H28N2O3S2. The summed E-state index contributed by atoms with van der Waals surface area (Å²) >= 11 is 1.54. The molecule has 1 N–H and O–H groups in total. The Morgan fingerprint density at radius 3 is 2.41 bits per heavy atom. The van der Waals surface area contributed by atoms with Crippen molar-refractivity contribution in [3.05, 3.63) is 59.2 Å². The molecule has 0 aromatic heterocycles. The maximum atomic E-state index is 12.9. The Balaban J connectivity index is 1.61. The van der Waals surface area contributed by atoms with E-state index in [9.17, 15) is 13.2 Å². The van der Waals surface area contributed by atoms with Crippen molar-refractivity contribution in [2.45, 2.75) is 43.8 Å². The van der Waals surface area contributed by atoms with Crippen LogP contribution in [0.1, 0.15) is 36.0 Å². The van der Waals surface area contributed by atoms with Crippen LogP contribution >= 0.6 is 11.8 Å². The summed E-state index contributed by atoms with van der Waals surface area (Å²) in [5.74, 6) is 0.949. The van der Waals surface area contributed by atoms with Crippen LogP contribution in [0.15, 0.2) is 47.4 Å². The predicted octanol–water partition coefficient (Wildman–Crippen LogP) is 4.35. The van der Waals surface area contributed by atoms with E-state index in [0.29, 0.717) is 24.5 Å². The molecule has 2 aromatic carbocycles. The van der Waals surface area contributed by atoms with Gasteiger partial charge in [0.25, 0.3) is 0 Å². The number of aryl methyl sites for hydroxylation is 2. The number of anilines is 1. The van der Waals surface area contributed by atoms with Gasteiger partial charge in [-0.1, -0.05) is 42.3 Å². The highest BCUT2D eigenvalue weighted by Gasteiger charge is 2.26. The van der Waals surface area contributed by atoms with E-state index in [-0.39, 0.29) is 10.8 Å². The van der Waals surface area contributed by atoms with Gasteiger partial charge in [-0.05, 0) is 49.9 Å². The summed E-state index contributed by atoms with van der Waals surface area (Å²) in [4.78, 5) is 12.6. The van der Waals surface area contributed by atoms with Crippen LogP contribution in [0.5, 0.6) is 0 Å². The lowest BCUT2D eigenvalue weighted by molar-refractivity contribution is -0.113. The monoisotopic (exact) mass is 432 g/mol. The summed E-state index contributed by atoms with van der Waals surface area (Å²) in [6.45, 7) is 5.04. The van der Waals surface area contributed by atoms with Crippen LogP contribution in [0, 0.1) is 13.8 Å². The maximum Gasteiger partial charge on any atom is 0.243 e. The summed E-state index contributed by atoms with van der Waals surface area (Å²) in [6.07, 6.45) is 2.86. The standard InChI is InChI=1S/C22H28N2O3S2/c1-17-6-9-19(10-7-17)15-28-16-22(25)23-21-14-20(11-8-18(21)2)29(26,27)24-12-4-3-5-13-24/h6-11,14H,3-5,12-13,15-16H2,1-2H3,(H,23,25). The number of piperidine rings is 1. The molecule has 1 fully saturated rings. The fraction of sp³-hybridized carbons (Fsp3) is 0.409. The lowest BCUT2D eigenvalue weighted by Crippen LogP contribution is -2.35. The SMILES string of the molecule is Cc1ccc(CSCC(=O)Nc2cc(S(=O)(=O)N3CCCCC3)ccc2C)cc1. The first-order valence-corrected chi connectivity index (χ1v) is 12.5. The minimum absolute atomic E-state index is 0.127. The lowest BCUT2D eigenvalue weighted by Gasteiger charge is -2.26. The van der Waals surface area contributed by atoms with Crippen LogP contribution in [0.25, 0.3) is 0 Å². The Kier molecular flexibility index (Phi) is 7.38. The van der Waals surface area contributed by atoms with Crippen molar-refractivity contribution >= 4 is 33.4 Å². The molecule has 0 radical (unpaired) electrons.